The fourth-order valence-corrected chi connectivity index (χ4v) is 2.37. The third-order valence-corrected chi connectivity index (χ3v) is 4.38. The van der Waals surface area contributed by atoms with Crippen LogP contribution in [0.1, 0.15) is 47.5 Å². The predicted molar refractivity (Wildman–Crippen MR) is 76.8 cm³/mol. The predicted octanol–water partition coefficient (Wildman–Crippen LogP) is 1.50. The quantitative estimate of drug-likeness (QED) is 0.779. The summed E-state index contributed by atoms with van der Waals surface area (Å²) in [5.74, 6) is -0.279. The van der Waals surface area contributed by atoms with Crippen molar-refractivity contribution in [1.29, 1.82) is 0 Å². The van der Waals surface area contributed by atoms with E-state index in [2.05, 4.69) is 0 Å². The molecule has 1 N–H and O–H groups in total. The summed E-state index contributed by atoms with van der Waals surface area (Å²) >= 11 is 0. The first-order valence-electron chi connectivity index (χ1n) is 7.19. The Kier molecular flexibility index (Phi) is 4.02. The smallest absolute Gasteiger partial charge is 0.400 e. The van der Waals surface area contributed by atoms with Gasteiger partial charge < -0.3 is 19.3 Å². The Labute approximate surface area is 121 Å². The molecule has 0 bridgehead atoms. The monoisotopic (exact) mass is 281 g/mol. The fourth-order valence-electron chi connectivity index (χ4n) is 2.37. The van der Waals surface area contributed by atoms with E-state index in [4.69, 9.17) is 9.31 Å². The van der Waals surface area contributed by atoms with Gasteiger partial charge in [0.15, 0.2) is 0 Å². The number of carbonyl (C=O) groups excluding carboxylic acids is 1. The summed E-state index contributed by atoms with van der Waals surface area (Å²) in [5.41, 5.74) is 0.202. The molecule has 1 saturated heterocycles. The third-order valence-electron chi connectivity index (χ3n) is 4.38. The molecule has 0 aromatic heterocycles. The Morgan fingerprint density at radius 2 is 1.90 bits per heavy atom. The highest BCUT2D eigenvalue weighted by molar-refractivity contribution is 6.54. The van der Waals surface area contributed by atoms with E-state index in [-0.39, 0.29) is 17.1 Å². The normalized spacial score (nSPS) is 26.4. The zero-order valence-corrected chi connectivity index (χ0v) is 13.0. The molecule has 0 spiro atoms. The van der Waals surface area contributed by atoms with Gasteiger partial charge in [-0.2, -0.15) is 0 Å². The van der Waals surface area contributed by atoms with Crippen molar-refractivity contribution in [3.8, 4) is 0 Å². The maximum absolute atomic E-state index is 11.9. The Balaban J connectivity index is 2.16. The number of aliphatic hydroxyl groups excluding tert-OH is 1. The average molecular weight is 281 g/mol. The Hall–Kier alpha value is -0.845. The molecular weight excluding hydrogens is 257 g/mol. The molecule has 2 aliphatic heterocycles. The van der Waals surface area contributed by atoms with E-state index < -0.39 is 13.2 Å². The molecule has 112 valence electrons. The average Bonchev–Trinajstić information content (AvgIpc) is 2.57. The third kappa shape index (κ3) is 2.78. The lowest BCUT2D eigenvalue weighted by atomic mass is 9.75. The van der Waals surface area contributed by atoms with E-state index in [1.165, 1.54) is 6.92 Å². The van der Waals surface area contributed by atoms with Crippen LogP contribution in [-0.4, -0.2) is 46.9 Å². The number of carbonyl (C=O) groups is 1. The summed E-state index contributed by atoms with van der Waals surface area (Å²) in [5, 5.41) is 9.41. The van der Waals surface area contributed by atoms with Crippen molar-refractivity contribution in [3.05, 3.63) is 11.7 Å². The van der Waals surface area contributed by atoms with Crippen molar-refractivity contribution in [2.45, 2.75) is 64.8 Å². The minimum atomic E-state index is -0.983. The molecule has 0 aliphatic carbocycles. The van der Waals surface area contributed by atoms with Crippen molar-refractivity contribution in [3.63, 3.8) is 0 Å². The van der Waals surface area contributed by atoms with Crippen LogP contribution in [0.4, 0.5) is 0 Å². The van der Waals surface area contributed by atoms with Gasteiger partial charge in [0.05, 0.1) is 11.2 Å². The Bertz CT molecular complexity index is 415. The maximum atomic E-state index is 11.9. The SMILES string of the molecule is CC(O)C(=O)N1C=C(B2OC(C)(C)C(C)(C)O2)CCC1. The first-order valence-corrected chi connectivity index (χ1v) is 7.19. The lowest BCUT2D eigenvalue weighted by molar-refractivity contribution is -0.136. The van der Waals surface area contributed by atoms with E-state index in [1.54, 1.807) is 11.1 Å². The molecule has 0 aromatic carbocycles. The lowest BCUT2D eigenvalue weighted by Gasteiger charge is -2.32. The van der Waals surface area contributed by atoms with Gasteiger partial charge in [0.1, 0.15) is 6.10 Å². The summed E-state index contributed by atoms with van der Waals surface area (Å²) in [6.45, 7) is 10.2. The van der Waals surface area contributed by atoms with Gasteiger partial charge in [0.2, 0.25) is 0 Å². The largest absolute Gasteiger partial charge is 0.492 e. The highest BCUT2D eigenvalue weighted by Gasteiger charge is 2.52. The van der Waals surface area contributed by atoms with E-state index in [0.717, 1.165) is 18.3 Å². The van der Waals surface area contributed by atoms with Crippen LogP contribution in [0.5, 0.6) is 0 Å². The topological polar surface area (TPSA) is 59.0 Å². The van der Waals surface area contributed by atoms with E-state index >= 15 is 0 Å². The molecule has 2 aliphatic rings. The molecule has 2 rings (SSSR count). The van der Waals surface area contributed by atoms with E-state index in [1.807, 2.05) is 27.7 Å². The van der Waals surface area contributed by atoms with Gasteiger partial charge in [0, 0.05) is 12.7 Å². The van der Waals surface area contributed by atoms with Crippen LogP contribution in [0.2, 0.25) is 0 Å². The minimum Gasteiger partial charge on any atom is -0.400 e. The number of amides is 1. The molecule has 6 heteroatoms. The first-order chi connectivity index (χ1) is 9.14. The molecular formula is C14H24BNO4. The second-order valence-electron chi connectivity index (χ2n) is 6.60. The van der Waals surface area contributed by atoms with Gasteiger partial charge in [0.25, 0.3) is 5.91 Å². The number of nitrogens with zero attached hydrogens (tertiary/aromatic N) is 1. The molecule has 20 heavy (non-hydrogen) atoms. The number of rotatable bonds is 2. The maximum Gasteiger partial charge on any atom is 0.492 e. The van der Waals surface area contributed by atoms with Gasteiger partial charge in [-0.25, -0.2) is 0 Å². The Morgan fingerprint density at radius 3 is 2.40 bits per heavy atom. The molecule has 5 nitrogen and oxygen atoms in total. The summed E-state index contributed by atoms with van der Waals surface area (Å²) in [6.07, 6.45) is 2.50. The number of allylic oxidation sites excluding steroid dienone is 1. The molecule has 0 saturated carbocycles. The summed E-state index contributed by atoms with van der Waals surface area (Å²) in [7, 11) is -0.412. The van der Waals surface area contributed by atoms with Crippen LogP contribution in [0, 0.1) is 0 Å². The van der Waals surface area contributed by atoms with Gasteiger partial charge >= 0.3 is 7.12 Å². The second kappa shape index (κ2) is 5.17. The van der Waals surface area contributed by atoms with Gasteiger partial charge in [-0.15, -0.1) is 0 Å². The van der Waals surface area contributed by atoms with E-state index in [0.29, 0.717) is 6.54 Å². The van der Waals surface area contributed by atoms with Crippen molar-refractivity contribution < 1.29 is 19.2 Å². The molecule has 1 atom stereocenters. The van der Waals surface area contributed by atoms with Crippen LogP contribution in [0.15, 0.2) is 11.7 Å². The van der Waals surface area contributed by atoms with Crippen LogP contribution >= 0.6 is 0 Å². The number of aliphatic hydroxyl groups is 1. The van der Waals surface area contributed by atoms with Gasteiger partial charge in [-0.3, -0.25) is 4.79 Å². The molecule has 1 unspecified atom stereocenters. The highest BCUT2D eigenvalue weighted by Crippen LogP contribution is 2.39. The summed E-state index contributed by atoms with van der Waals surface area (Å²) < 4.78 is 12.0. The standard InChI is InChI=1S/C14H24BNO4/c1-10(17)12(18)16-8-6-7-11(9-16)15-19-13(2,3)14(4,5)20-15/h9-10,17H,6-8H2,1-5H3. The number of hydrogen-bond acceptors (Lipinski definition) is 4. The van der Waals surface area contributed by atoms with Crippen molar-refractivity contribution in [2.24, 2.45) is 0 Å². The molecule has 2 heterocycles. The molecule has 0 radical (unpaired) electrons. The fraction of sp³-hybridized carbons (Fsp3) is 0.786. The van der Waals surface area contributed by atoms with Crippen LogP contribution in [-0.2, 0) is 14.1 Å². The van der Waals surface area contributed by atoms with Crippen molar-refractivity contribution in [1.82, 2.24) is 4.90 Å². The molecule has 1 fully saturated rings. The summed E-state index contributed by atoms with van der Waals surface area (Å²) in [4.78, 5) is 13.4. The number of hydrogen-bond donors (Lipinski definition) is 1. The van der Waals surface area contributed by atoms with Crippen molar-refractivity contribution in [2.75, 3.05) is 6.54 Å². The molecule has 0 aromatic rings. The zero-order chi connectivity index (χ0) is 15.1. The highest BCUT2D eigenvalue weighted by atomic mass is 16.7. The summed E-state index contributed by atoms with van der Waals surface area (Å²) in [6, 6.07) is 0. The first kappa shape index (κ1) is 15.5. The van der Waals surface area contributed by atoms with Crippen LogP contribution in [0.25, 0.3) is 0 Å². The Morgan fingerprint density at radius 1 is 1.35 bits per heavy atom. The lowest BCUT2D eigenvalue weighted by Crippen LogP contribution is -2.41. The minimum absolute atomic E-state index is 0.279. The second-order valence-corrected chi connectivity index (χ2v) is 6.60. The van der Waals surface area contributed by atoms with Crippen LogP contribution < -0.4 is 0 Å². The zero-order valence-electron chi connectivity index (χ0n) is 13.0. The van der Waals surface area contributed by atoms with E-state index in [9.17, 15) is 9.90 Å². The molecule has 1 amide bonds. The van der Waals surface area contributed by atoms with Gasteiger partial charge in [-0.05, 0) is 52.9 Å². The van der Waals surface area contributed by atoms with Crippen molar-refractivity contribution >= 4 is 13.0 Å². The van der Waals surface area contributed by atoms with Crippen LogP contribution in [0.3, 0.4) is 0 Å². The van der Waals surface area contributed by atoms with Gasteiger partial charge in [-0.1, -0.05) is 0 Å².